The van der Waals surface area contributed by atoms with Crippen LogP contribution in [0.15, 0.2) is 53.3 Å². The molecular formula is C24H27ClN5O5P. The minimum Gasteiger partial charge on any atom is -0.492 e. The molecule has 36 heavy (non-hydrogen) atoms. The average molecular weight is 532 g/mol. The van der Waals surface area contributed by atoms with E-state index in [1.807, 2.05) is 0 Å². The van der Waals surface area contributed by atoms with Gasteiger partial charge in [0.05, 0.1) is 25.1 Å². The fourth-order valence-electron chi connectivity index (χ4n) is 3.70. The van der Waals surface area contributed by atoms with Gasteiger partial charge in [0.1, 0.15) is 18.2 Å². The van der Waals surface area contributed by atoms with E-state index in [0.29, 0.717) is 51.1 Å². The number of halogens is 1. The molecule has 2 heterocycles. The summed E-state index contributed by atoms with van der Waals surface area (Å²) in [4.78, 5) is 24.7. The van der Waals surface area contributed by atoms with Crippen molar-refractivity contribution in [2.75, 3.05) is 32.2 Å². The lowest BCUT2D eigenvalue weighted by Gasteiger charge is -2.17. The van der Waals surface area contributed by atoms with Gasteiger partial charge in [-0.3, -0.25) is 14.3 Å². The first-order chi connectivity index (χ1) is 17.4. The molecule has 0 saturated heterocycles. The molecule has 2 aromatic heterocycles. The lowest BCUT2D eigenvalue weighted by molar-refractivity contribution is 0.230. The largest absolute Gasteiger partial charge is 0.492 e. The second-order valence-electron chi connectivity index (χ2n) is 7.61. The summed E-state index contributed by atoms with van der Waals surface area (Å²) in [7, 11) is -1.77. The van der Waals surface area contributed by atoms with Crippen LogP contribution in [0.3, 0.4) is 0 Å². The smallest absolute Gasteiger partial charge is 0.361 e. The van der Waals surface area contributed by atoms with E-state index in [-0.39, 0.29) is 25.4 Å². The summed E-state index contributed by atoms with van der Waals surface area (Å²) < 4.78 is 31.6. The summed E-state index contributed by atoms with van der Waals surface area (Å²) in [5.41, 5.74) is 0.988. The van der Waals surface area contributed by atoms with Crippen LogP contribution in [-0.4, -0.2) is 46.4 Å². The predicted molar refractivity (Wildman–Crippen MR) is 141 cm³/mol. The Morgan fingerprint density at radius 1 is 1.03 bits per heavy atom. The van der Waals surface area contributed by atoms with Crippen LogP contribution in [0, 0.1) is 0 Å². The molecule has 2 N–H and O–H groups in total. The summed E-state index contributed by atoms with van der Waals surface area (Å²) in [6.07, 6.45) is 0. The average Bonchev–Trinajstić information content (AvgIpc) is 3.24. The number of fused-ring (bicyclic) bond motifs is 1. The van der Waals surface area contributed by atoms with Crippen LogP contribution in [0.5, 0.6) is 5.75 Å². The van der Waals surface area contributed by atoms with E-state index in [4.69, 9.17) is 25.4 Å². The molecule has 0 fully saturated rings. The number of anilines is 1. The summed E-state index contributed by atoms with van der Waals surface area (Å²) in [5, 5.41) is 3.89. The number of aromatic nitrogens is 4. The van der Waals surface area contributed by atoms with Gasteiger partial charge in [0, 0.05) is 17.6 Å². The fraction of sp³-hybridized carbons (Fsp3) is 0.292. The minimum absolute atomic E-state index is 0.255. The van der Waals surface area contributed by atoms with Gasteiger partial charge in [-0.2, -0.15) is 4.98 Å². The third-order valence-electron chi connectivity index (χ3n) is 5.29. The lowest BCUT2D eigenvalue weighted by atomic mass is 10.2. The normalized spacial score (nSPS) is 11.7. The third-order valence-corrected chi connectivity index (χ3v) is 7.67. The van der Waals surface area contributed by atoms with E-state index in [1.165, 1.54) is 0 Å². The van der Waals surface area contributed by atoms with E-state index in [9.17, 15) is 9.36 Å². The Morgan fingerprint density at radius 2 is 1.69 bits per heavy atom. The number of imidazole rings is 1. The van der Waals surface area contributed by atoms with Crippen molar-refractivity contribution in [3.8, 4) is 17.1 Å². The Balaban J connectivity index is 1.71. The van der Waals surface area contributed by atoms with E-state index < -0.39 is 7.60 Å². The molecule has 0 radical (unpaired) electrons. The zero-order chi connectivity index (χ0) is 25.7. The number of hydrogen-bond donors (Lipinski definition) is 2. The van der Waals surface area contributed by atoms with E-state index in [2.05, 4.69) is 20.3 Å². The Hall–Kier alpha value is -3.17. The topological polar surface area (TPSA) is 120 Å². The molecule has 4 rings (SSSR count). The molecule has 4 aromatic rings. The Bertz CT molecular complexity index is 1430. The van der Waals surface area contributed by atoms with Gasteiger partial charge in [-0.25, -0.2) is 4.98 Å². The van der Waals surface area contributed by atoms with Crippen molar-refractivity contribution < 1.29 is 18.3 Å². The van der Waals surface area contributed by atoms with Crippen LogP contribution < -0.4 is 20.9 Å². The molecule has 0 aliphatic rings. The highest BCUT2D eigenvalue weighted by Crippen LogP contribution is 2.46. The molecule has 0 bridgehead atoms. The highest BCUT2D eigenvalue weighted by molar-refractivity contribution is 7.62. The molecule has 12 heteroatoms. The first kappa shape index (κ1) is 25.9. The number of H-pyrrole nitrogens is 1. The molecule has 0 spiro atoms. The maximum atomic E-state index is 13.1. The molecule has 2 aromatic carbocycles. The summed E-state index contributed by atoms with van der Waals surface area (Å²) >= 11 is 5.95. The molecule has 0 atom stereocenters. The molecule has 10 nitrogen and oxygen atoms in total. The Morgan fingerprint density at radius 3 is 2.31 bits per heavy atom. The summed E-state index contributed by atoms with van der Waals surface area (Å²) in [6, 6.07) is 13.9. The maximum Gasteiger partial charge on any atom is 0.361 e. The highest BCUT2D eigenvalue weighted by Gasteiger charge is 2.27. The van der Waals surface area contributed by atoms with Crippen LogP contribution in [0.25, 0.3) is 22.6 Å². The van der Waals surface area contributed by atoms with Gasteiger partial charge in [0.15, 0.2) is 11.2 Å². The number of nitrogens with zero attached hydrogens (tertiary/aromatic N) is 3. The van der Waals surface area contributed by atoms with Crippen molar-refractivity contribution in [1.82, 2.24) is 19.5 Å². The molecule has 0 saturated carbocycles. The van der Waals surface area contributed by atoms with Crippen LogP contribution in [0.1, 0.15) is 13.8 Å². The molecule has 0 amide bonds. The van der Waals surface area contributed by atoms with Gasteiger partial charge in [0.25, 0.3) is 5.56 Å². The van der Waals surface area contributed by atoms with Crippen molar-refractivity contribution in [3.05, 3.63) is 63.9 Å². The van der Waals surface area contributed by atoms with E-state index in [1.54, 1.807) is 74.0 Å². The third kappa shape index (κ3) is 5.47. The number of aromatic amines is 1. The van der Waals surface area contributed by atoms with Crippen molar-refractivity contribution in [2.24, 2.45) is 0 Å². The van der Waals surface area contributed by atoms with Crippen molar-refractivity contribution in [3.63, 3.8) is 0 Å². The van der Waals surface area contributed by atoms with E-state index in [0.717, 1.165) is 0 Å². The number of hydrogen-bond acceptors (Lipinski definition) is 8. The zero-order valence-electron chi connectivity index (χ0n) is 20.2. The van der Waals surface area contributed by atoms with Crippen LogP contribution in [0.4, 0.5) is 5.95 Å². The molecular weight excluding hydrogens is 505 g/mol. The Kier molecular flexibility index (Phi) is 8.11. The maximum absolute atomic E-state index is 13.1. The number of benzene rings is 2. The standard InChI is InChI=1S/C24H27ClN5O5P/c1-4-34-36(32,35-5-2)19-12-6-16(7-13-19)22-27-21-20(23(31)29-24(26-3)28-21)30(22)14-15-33-18-10-8-17(25)9-11-18/h6-13H,4-5,14-15H2,1-3H3,(H2,26,28,29,31). The number of rotatable bonds is 11. The van der Waals surface area contributed by atoms with Gasteiger partial charge < -0.3 is 23.7 Å². The SMILES string of the molecule is CCOP(=O)(OCC)c1ccc(-c2nc3nc(NC)[nH]c(=O)c3n2CCOc2ccc(Cl)cc2)cc1. The second-order valence-corrected chi connectivity index (χ2v) is 10.1. The van der Waals surface area contributed by atoms with Crippen molar-refractivity contribution >= 4 is 41.6 Å². The van der Waals surface area contributed by atoms with Gasteiger partial charge in [0.2, 0.25) is 5.95 Å². The lowest BCUT2D eigenvalue weighted by Crippen LogP contribution is -2.17. The van der Waals surface area contributed by atoms with Crippen molar-refractivity contribution in [2.45, 2.75) is 20.4 Å². The summed E-state index contributed by atoms with van der Waals surface area (Å²) in [5.74, 6) is 1.48. The van der Waals surface area contributed by atoms with Gasteiger partial charge in [-0.05, 0) is 50.2 Å². The van der Waals surface area contributed by atoms with Gasteiger partial charge in [-0.1, -0.05) is 23.7 Å². The van der Waals surface area contributed by atoms with Gasteiger partial charge >= 0.3 is 7.60 Å². The Labute approximate surface area is 213 Å². The first-order valence-corrected chi connectivity index (χ1v) is 13.4. The molecule has 0 unspecified atom stereocenters. The van der Waals surface area contributed by atoms with Crippen LogP contribution >= 0.6 is 19.2 Å². The fourth-order valence-corrected chi connectivity index (χ4v) is 5.40. The monoisotopic (exact) mass is 531 g/mol. The second kappa shape index (κ2) is 11.3. The molecule has 0 aliphatic carbocycles. The van der Waals surface area contributed by atoms with Crippen LogP contribution in [0.2, 0.25) is 5.02 Å². The minimum atomic E-state index is -3.43. The number of nitrogens with one attached hydrogen (secondary N) is 2. The molecule has 190 valence electrons. The highest BCUT2D eigenvalue weighted by atomic mass is 35.5. The quantitative estimate of drug-likeness (QED) is 0.272. The zero-order valence-corrected chi connectivity index (χ0v) is 21.8. The predicted octanol–water partition coefficient (Wildman–Crippen LogP) is 4.45. The number of ether oxygens (including phenoxy) is 1. The first-order valence-electron chi connectivity index (χ1n) is 11.4. The van der Waals surface area contributed by atoms with Crippen LogP contribution in [-0.2, 0) is 20.2 Å². The van der Waals surface area contributed by atoms with E-state index >= 15 is 0 Å². The van der Waals surface area contributed by atoms with Crippen molar-refractivity contribution in [1.29, 1.82) is 0 Å². The summed E-state index contributed by atoms with van der Waals surface area (Å²) in [6.45, 7) is 4.64. The van der Waals surface area contributed by atoms with Gasteiger partial charge in [-0.15, -0.1) is 0 Å². The molecule has 0 aliphatic heterocycles.